The number of methoxy groups -OCH3 is 1. The number of fused-ring (bicyclic) bond motifs is 3. The topological polar surface area (TPSA) is 77.1 Å². The van der Waals surface area contributed by atoms with E-state index in [9.17, 15) is 0 Å². The summed E-state index contributed by atoms with van der Waals surface area (Å²) in [5.74, 6) is 0. The van der Waals surface area contributed by atoms with Crippen LogP contribution in [0.15, 0.2) is 30.3 Å². The number of benzene rings is 1. The summed E-state index contributed by atoms with van der Waals surface area (Å²) in [7, 11) is 1.62. The molecule has 4 aliphatic rings. The molecule has 0 amide bonds. The molecule has 3 heterocycles. The minimum atomic E-state index is -0.592. The number of nitrogens with zero attached hydrogens (tertiary/aromatic N) is 1. The maximum atomic E-state index is 6.42. The molecule has 0 spiro atoms. The molecule has 0 bridgehead atoms. The van der Waals surface area contributed by atoms with Gasteiger partial charge in [0.15, 0.2) is 12.6 Å². The van der Waals surface area contributed by atoms with Gasteiger partial charge in [-0.2, -0.15) is 0 Å². The molecule has 9 nitrogen and oxygen atoms in total. The highest BCUT2D eigenvalue weighted by atomic mass is 16.8. The van der Waals surface area contributed by atoms with Crippen molar-refractivity contribution in [3.8, 4) is 0 Å². The lowest BCUT2D eigenvalue weighted by molar-refractivity contribution is -0.368. The fraction of sp³-hybridized carbons (Fsp3) is 0.786. The zero-order valence-corrected chi connectivity index (χ0v) is 22.0. The van der Waals surface area contributed by atoms with Crippen molar-refractivity contribution >= 4 is 0 Å². The largest absolute Gasteiger partial charge is 0.378 e. The summed E-state index contributed by atoms with van der Waals surface area (Å²) in [6.45, 7) is 5.44. The normalized spacial score (nSPS) is 36.0. The van der Waals surface area contributed by atoms with Gasteiger partial charge in [0.2, 0.25) is 0 Å². The first kappa shape index (κ1) is 27.4. The molecule has 0 aromatic heterocycles. The van der Waals surface area contributed by atoms with Crippen molar-refractivity contribution in [3.05, 3.63) is 35.9 Å². The Morgan fingerprint density at radius 2 is 1.43 bits per heavy atom. The average Bonchev–Trinajstić information content (AvgIpc) is 2.96. The van der Waals surface area contributed by atoms with Crippen LogP contribution in [-0.2, 0) is 37.9 Å². The van der Waals surface area contributed by atoms with E-state index in [1.807, 2.05) is 30.3 Å². The first-order valence-corrected chi connectivity index (χ1v) is 14.0. The summed E-state index contributed by atoms with van der Waals surface area (Å²) in [5.41, 5.74) is 0.962. The van der Waals surface area contributed by atoms with Gasteiger partial charge in [-0.25, -0.2) is 0 Å². The number of hydrogen-bond donors (Lipinski definition) is 0. The lowest BCUT2D eigenvalue weighted by Gasteiger charge is -2.48. The smallest absolute Gasteiger partial charge is 0.186 e. The van der Waals surface area contributed by atoms with Gasteiger partial charge < -0.3 is 37.9 Å². The molecule has 4 fully saturated rings. The van der Waals surface area contributed by atoms with E-state index in [0.717, 1.165) is 18.7 Å². The molecule has 0 N–H and O–H groups in total. The quantitative estimate of drug-likeness (QED) is 0.597. The van der Waals surface area contributed by atoms with Crippen LogP contribution in [0.25, 0.3) is 0 Å². The fourth-order valence-electron chi connectivity index (χ4n) is 5.86. The number of ether oxygens (including phenoxy) is 8. The van der Waals surface area contributed by atoms with Crippen LogP contribution in [0.4, 0.5) is 0 Å². The van der Waals surface area contributed by atoms with Crippen molar-refractivity contribution in [2.24, 2.45) is 0 Å². The second-order valence-electron chi connectivity index (χ2n) is 10.2. The van der Waals surface area contributed by atoms with Gasteiger partial charge in [0.1, 0.15) is 24.4 Å². The minimum absolute atomic E-state index is 0.321. The van der Waals surface area contributed by atoms with Crippen LogP contribution >= 0.6 is 0 Å². The highest BCUT2D eigenvalue weighted by molar-refractivity contribution is 5.16. The monoisotopic (exact) mass is 521 g/mol. The van der Waals surface area contributed by atoms with Gasteiger partial charge in [0.05, 0.1) is 46.2 Å². The van der Waals surface area contributed by atoms with Crippen LogP contribution in [0, 0.1) is 0 Å². The van der Waals surface area contributed by atoms with Crippen molar-refractivity contribution in [1.82, 2.24) is 4.90 Å². The molecule has 3 saturated heterocycles. The highest BCUT2D eigenvalue weighted by Gasteiger charge is 2.51. The van der Waals surface area contributed by atoms with E-state index in [2.05, 4.69) is 4.90 Å². The van der Waals surface area contributed by atoms with Gasteiger partial charge in [0.25, 0.3) is 0 Å². The maximum Gasteiger partial charge on any atom is 0.186 e. The Morgan fingerprint density at radius 3 is 2.14 bits per heavy atom. The maximum absolute atomic E-state index is 6.42. The lowest BCUT2D eigenvalue weighted by atomic mass is 9.94. The summed E-state index contributed by atoms with van der Waals surface area (Å²) in [6.07, 6.45) is 3.89. The molecule has 37 heavy (non-hydrogen) atoms. The molecule has 6 atom stereocenters. The van der Waals surface area contributed by atoms with Crippen LogP contribution in [-0.4, -0.2) is 108 Å². The third-order valence-corrected chi connectivity index (χ3v) is 7.80. The van der Waals surface area contributed by atoms with Gasteiger partial charge >= 0.3 is 0 Å². The molecule has 0 radical (unpaired) electrons. The van der Waals surface area contributed by atoms with Crippen LogP contribution < -0.4 is 0 Å². The van der Waals surface area contributed by atoms with Gasteiger partial charge in [-0.05, 0) is 12.8 Å². The third kappa shape index (κ3) is 7.29. The number of hydrogen-bond acceptors (Lipinski definition) is 9. The summed E-state index contributed by atoms with van der Waals surface area (Å²) >= 11 is 0. The standard InChI is InChI=1S/C28H43NO8/c1-30-28-26-25(24-23(36-28)20-35-27(37-24)21-8-4-2-5-9-21)33-18-16-31-14-12-29(13-15-32-17-19-34-26)22-10-6-3-7-11-22/h2,4-5,8-9,22-28H,3,6-7,10-20H2,1H3/t23-,24-,25+,26-,27-,28+/m1/s1. The second kappa shape index (κ2) is 14.3. The zero-order valence-electron chi connectivity index (χ0n) is 22.0. The summed E-state index contributed by atoms with van der Waals surface area (Å²) < 4.78 is 49.0. The Labute approximate surface area is 220 Å². The first-order valence-electron chi connectivity index (χ1n) is 14.0. The molecule has 208 valence electrons. The molecule has 1 aromatic rings. The lowest BCUT2D eigenvalue weighted by Crippen LogP contribution is -2.63. The second-order valence-corrected chi connectivity index (χ2v) is 10.2. The van der Waals surface area contributed by atoms with Crippen LogP contribution in [0.3, 0.4) is 0 Å². The zero-order chi connectivity index (χ0) is 25.3. The molecule has 1 aliphatic carbocycles. The molecule has 3 aliphatic heterocycles. The molecule has 0 unspecified atom stereocenters. The molecular formula is C28H43NO8. The molecule has 1 aromatic carbocycles. The molecule has 5 rings (SSSR count). The van der Waals surface area contributed by atoms with Crippen LogP contribution in [0.5, 0.6) is 0 Å². The molecule has 1 saturated carbocycles. The van der Waals surface area contributed by atoms with Gasteiger partial charge in [-0.3, -0.25) is 4.90 Å². The van der Waals surface area contributed by atoms with Crippen molar-refractivity contribution in [1.29, 1.82) is 0 Å². The van der Waals surface area contributed by atoms with Crippen molar-refractivity contribution in [2.45, 2.75) is 75.1 Å². The van der Waals surface area contributed by atoms with Gasteiger partial charge in [-0.1, -0.05) is 49.6 Å². The van der Waals surface area contributed by atoms with E-state index in [4.69, 9.17) is 37.9 Å². The van der Waals surface area contributed by atoms with Crippen molar-refractivity contribution < 1.29 is 37.9 Å². The Kier molecular flexibility index (Phi) is 10.6. The Morgan fingerprint density at radius 1 is 0.730 bits per heavy atom. The van der Waals surface area contributed by atoms with E-state index in [1.165, 1.54) is 32.1 Å². The van der Waals surface area contributed by atoms with E-state index in [1.54, 1.807) is 7.11 Å². The molecular weight excluding hydrogens is 478 g/mol. The van der Waals surface area contributed by atoms with E-state index in [0.29, 0.717) is 52.3 Å². The van der Waals surface area contributed by atoms with Crippen molar-refractivity contribution in [2.75, 3.05) is 66.4 Å². The van der Waals surface area contributed by atoms with E-state index < -0.39 is 24.8 Å². The Bertz CT molecular complexity index is 779. The van der Waals surface area contributed by atoms with E-state index in [-0.39, 0.29) is 12.2 Å². The average molecular weight is 522 g/mol. The predicted octanol–water partition coefficient (Wildman–Crippen LogP) is 2.92. The number of rotatable bonds is 3. The summed E-state index contributed by atoms with van der Waals surface area (Å²) in [5, 5.41) is 0. The van der Waals surface area contributed by atoms with Gasteiger partial charge in [0, 0.05) is 31.8 Å². The third-order valence-electron chi connectivity index (χ3n) is 7.80. The highest BCUT2D eigenvalue weighted by Crippen LogP contribution is 2.36. The molecule has 9 heteroatoms. The SMILES string of the molecule is CO[C@H]1O[C@@H]2CO[C@@H](c3ccccc3)O[C@H]2[C@@H]2OCCOCCN(C3CCCCC3)CCOCCO[C@@H]12. The Balaban J connectivity index is 1.24. The fourth-order valence-corrected chi connectivity index (χ4v) is 5.86. The van der Waals surface area contributed by atoms with Crippen molar-refractivity contribution in [3.63, 3.8) is 0 Å². The minimum Gasteiger partial charge on any atom is -0.378 e. The first-order chi connectivity index (χ1) is 18.3. The Hall–Kier alpha value is -1.14. The van der Waals surface area contributed by atoms with Crippen LogP contribution in [0.2, 0.25) is 0 Å². The van der Waals surface area contributed by atoms with Gasteiger partial charge in [-0.15, -0.1) is 0 Å². The summed E-state index contributed by atoms with van der Waals surface area (Å²) in [4.78, 5) is 2.54. The van der Waals surface area contributed by atoms with Crippen LogP contribution in [0.1, 0.15) is 44.0 Å². The predicted molar refractivity (Wildman–Crippen MR) is 135 cm³/mol. The summed E-state index contributed by atoms with van der Waals surface area (Å²) in [6, 6.07) is 10.6. The van der Waals surface area contributed by atoms with E-state index >= 15 is 0 Å².